The molecule has 0 heterocycles. The second-order valence-electron chi connectivity index (χ2n) is 6.35. The first-order chi connectivity index (χ1) is 13.0. The zero-order valence-electron chi connectivity index (χ0n) is 15.8. The summed E-state index contributed by atoms with van der Waals surface area (Å²) >= 11 is 0. The number of nitrogens with one attached hydrogen (secondary N) is 2. The van der Waals surface area contributed by atoms with Gasteiger partial charge in [0.05, 0.1) is 13.0 Å². The van der Waals surface area contributed by atoms with Crippen LogP contribution in [0.3, 0.4) is 0 Å². The highest BCUT2D eigenvalue weighted by Gasteiger charge is 2.16. The predicted molar refractivity (Wildman–Crippen MR) is 105 cm³/mol. The maximum atomic E-state index is 14.0. The Morgan fingerprint density at radius 1 is 1.11 bits per heavy atom. The molecule has 0 saturated carbocycles. The summed E-state index contributed by atoms with van der Waals surface area (Å²) in [7, 11) is 1.59. The molecular weight excluding hydrogens is 345 g/mol. The minimum absolute atomic E-state index is 0.0948. The molecule has 0 aromatic heterocycles. The van der Waals surface area contributed by atoms with Crippen LogP contribution >= 0.6 is 0 Å². The first kappa shape index (κ1) is 20.4. The van der Waals surface area contributed by atoms with Crippen LogP contribution in [0.4, 0.5) is 14.9 Å². The number of likely N-dealkylation sites (N-methyl/N-ethyl adjacent to an activating group) is 1. The molecule has 2 aromatic rings. The minimum atomic E-state index is -0.320. The van der Waals surface area contributed by atoms with Crippen LogP contribution in [0.1, 0.15) is 30.9 Å². The van der Waals surface area contributed by atoms with Gasteiger partial charge in [0, 0.05) is 24.8 Å². The van der Waals surface area contributed by atoms with Crippen molar-refractivity contribution >= 4 is 17.6 Å². The summed E-state index contributed by atoms with van der Waals surface area (Å²) in [4.78, 5) is 25.9. The minimum Gasteiger partial charge on any atom is -0.359 e. The van der Waals surface area contributed by atoms with Crippen molar-refractivity contribution in [2.45, 2.75) is 32.7 Å². The van der Waals surface area contributed by atoms with Gasteiger partial charge in [-0.2, -0.15) is 0 Å². The number of unbranched alkanes of at least 4 members (excludes halogenated alkanes) is 1. The molecule has 144 valence electrons. The molecule has 2 N–H and O–H groups in total. The molecule has 0 unspecified atom stereocenters. The first-order valence-corrected chi connectivity index (χ1v) is 9.12. The molecule has 3 amide bonds. The Balaban J connectivity index is 2.10. The van der Waals surface area contributed by atoms with Gasteiger partial charge in [-0.25, -0.2) is 9.18 Å². The molecule has 0 aliphatic heterocycles. The number of carbonyl (C=O) groups is 2. The number of rotatable bonds is 8. The van der Waals surface area contributed by atoms with Crippen molar-refractivity contribution in [2.75, 3.05) is 18.9 Å². The van der Waals surface area contributed by atoms with Crippen LogP contribution in [-0.4, -0.2) is 30.4 Å². The zero-order chi connectivity index (χ0) is 19.6. The Morgan fingerprint density at radius 3 is 2.59 bits per heavy atom. The Hall–Kier alpha value is -2.89. The van der Waals surface area contributed by atoms with Crippen LogP contribution in [0.2, 0.25) is 0 Å². The van der Waals surface area contributed by atoms with Gasteiger partial charge in [0.2, 0.25) is 5.91 Å². The van der Waals surface area contributed by atoms with Crippen LogP contribution in [0, 0.1) is 5.82 Å². The molecule has 0 bridgehead atoms. The molecule has 0 aliphatic carbocycles. The maximum absolute atomic E-state index is 14.0. The predicted octanol–water partition coefficient (Wildman–Crippen LogP) is 3.95. The van der Waals surface area contributed by atoms with Crippen molar-refractivity contribution in [3.63, 3.8) is 0 Å². The lowest BCUT2D eigenvalue weighted by Gasteiger charge is -2.23. The highest BCUT2D eigenvalue weighted by atomic mass is 19.1. The number of halogens is 1. The topological polar surface area (TPSA) is 61.4 Å². The third-order valence-electron chi connectivity index (χ3n) is 4.21. The summed E-state index contributed by atoms with van der Waals surface area (Å²) in [5, 5.41) is 5.43. The van der Waals surface area contributed by atoms with E-state index in [1.54, 1.807) is 48.3 Å². The van der Waals surface area contributed by atoms with Crippen molar-refractivity contribution in [2.24, 2.45) is 0 Å². The van der Waals surface area contributed by atoms with E-state index in [0.29, 0.717) is 17.8 Å². The summed E-state index contributed by atoms with van der Waals surface area (Å²) in [5.74, 6) is -0.415. The van der Waals surface area contributed by atoms with Gasteiger partial charge < -0.3 is 15.5 Å². The molecular formula is C21H26FN3O2. The highest BCUT2D eigenvalue weighted by Crippen LogP contribution is 2.15. The van der Waals surface area contributed by atoms with Crippen molar-refractivity contribution in [1.82, 2.24) is 10.2 Å². The van der Waals surface area contributed by atoms with Gasteiger partial charge in [0.25, 0.3) is 0 Å². The van der Waals surface area contributed by atoms with Crippen LogP contribution in [0.25, 0.3) is 0 Å². The third-order valence-corrected chi connectivity index (χ3v) is 4.21. The first-order valence-electron chi connectivity index (χ1n) is 9.12. The summed E-state index contributed by atoms with van der Waals surface area (Å²) in [6.07, 6.45) is 2.01. The fraction of sp³-hybridized carbons (Fsp3) is 0.333. The molecule has 0 radical (unpaired) electrons. The summed E-state index contributed by atoms with van der Waals surface area (Å²) in [6.45, 7) is 2.78. The summed E-state index contributed by atoms with van der Waals surface area (Å²) < 4.78 is 14.0. The molecule has 0 aliphatic rings. The van der Waals surface area contributed by atoms with E-state index in [2.05, 4.69) is 10.6 Å². The molecule has 0 spiro atoms. The van der Waals surface area contributed by atoms with E-state index in [0.717, 1.165) is 18.4 Å². The van der Waals surface area contributed by atoms with Gasteiger partial charge >= 0.3 is 6.03 Å². The fourth-order valence-electron chi connectivity index (χ4n) is 2.67. The van der Waals surface area contributed by atoms with Crippen molar-refractivity contribution in [3.05, 3.63) is 65.5 Å². The second kappa shape index (κ2) is 10.3. The number of nitrogens with zero attached hydrogens (tertiary/aromatic N) is 1. The van der Waals surface area contributed by atoms with E-state index < -0.39 is 0 Å². The molecule has 6 heteroatoms. The van der Waals surface area contributed by atoms with Gasteiger partial charge in [-0.1, -0.05) is 43.7 Å². The number of carbonyl (C=O) groups excluding carboxylic acids is 2. The lowest BCUT2D eigenvalue weighted by atomic mass is 10.1. The van der Waals surface area contributed by atoms with Crippen molar-refractivity contribution in [1.29, 1.82) is 0 Å². The average molecular weight is 371 g/mol. The monoisotopic (exact) mass is 371 g/mol. The van der Waals surface area contributed by atoms with Crippen LogP contribution in [0.15, 0.2) is 48.5 Å². The van der Waals surface area contributed by atoms with E-state index in [1.807, 2.05) is 13.0 Å². The molecule has 0 saturated heterocycles. The maximum Gasteiger partial charge on any atom is 0.322 e. The Bertz CT molecular complexity index is 780. The third kappa shape index (κ3) is 6.40. The van der Waals surface area contributed by atoms with Crippen LogP contribution in [0.5, 0.6) is 0 Å². The number of anilines is 1. The molecule has 27 heavy (non-hydrogen) atoms. The Morgan fingerprint density at radius 2 is 1.89 bits per heavy atom. The number of hydrogen-bond donors (Lipinski definition) is 2. The Labute approximate surface area is 159 Å². The van der Waals surface area contributed by atoms with Crippen molar-refractivity contribution in [3.8, 4) is 0 Å². The molecule has 0 fully saturated rings. The number of amides is 3. The van der Waals surface area contributed by atoms with E-state index in [9.17, 15) is 14.0 Å². The average Bonchev–Trinajstić information content (AvgIpc) is 2.66. The van der Waals surface area contributed by atoms with Gasteiger partial charge in [0.1, 0.15) is 5.82 Å². The summed E-state index contributed by atoms with van der Waals surface area (Å²) in [5.41, 5.74) is 1.90. The van der Waals surface area contributed by atoms with Crippen LogP contribution in [-0.2, 0) is 17.8 Å². The van der Waals surface area contributed by atoms with Gasteiger partial charge in [-0.3, -0.25) is 4.79 Å². The van der Waals surface area contributed by atoms with Crippen LogP contribution < -0.4 is 10.6 Å². The second-order valence-corrected chi connectivity index (χ2v) is 6.35. The smallest absolute Gasteiger partial charge is 0.322 e. The summed E-state index contributed by atoms with van der Waals surface area (Å²) in [6, 6.07) is 13.4. The fourth-order valence-corrected chi connectivity index (χ4v) is 2.67. The largest absolute Gasteiger partial charge is 0.359 e. The van der Waals surface area contributed by atoms with E-state index in [4.69, 9.17) is 0 Å². The molecule has 0 atom stereocenters. The van der Waals surface area contributed by atoms with Gasteiger partial charge in [0.15, 0.2) is 0 Å². The lowest BCUT2D eigenvalue weighted by molar-refractivity contribution is -0.119. The number of hydrogen-bond acceptors (Lipinski definition) is 2. The van der Waals surface area contributed by atoms with E-state index >= 15 is 0 Å². The van der Waals surface area contributed by atoms with E-state index in [-0.39, 0.29) is 30.7 Å². The highest BCUT2D eigenvalue weighted by molar-refractivity contribution is 5.89. The molecule has 5 nitrogen and oxygen atoms in total. The normalized spacial score (nSPS) is 10.3. The number of urea groups is 1. The zero-order valence-corrected chi connectivity index (χ0v) is 15.8. The van der Waals surface area contributed by atoms with Gasteiger partial charge in [-0.15, -0.1) is 0 Å². The molecule has 2 rings (SSSR count). The SMILES string of the molecule is CCCCN(Cc1ccccc1F)C(=O)Nc1cccc(CC(=O)NC)c1. The lowest BCUT2D eigenvalue weighted by Crippen LogP contribution is -2.35. The standard InChI is InChI=1S/C21H26FN3O2/c1-3-4-12-25(15-17-9-5-6-11-19(17)22)21(27)24-18-10-7-8-16(13-18)14-20(26)23-2/h5-11,13H,3-4,12,14-15H2,1-2H3,(H,23,26)(H,24,27). The van der Waals surface area contributed by atoms with Gasteiger partial charge in [-0.05, 0) is 30.2 Å². The Kier molecular flexibility index (Phi) is 7.79. The van der Waals surface area contributed by atoms with E-state index in [1.165, 1.54) is 6.07 Å². The molecule has 2 aromatic carbocycles. The quantitative estimate of drug-likeness (QED) is 0.738. The number of benzene rings is 2. The van der Waals surface area contributed by atoms with Crippen molar-refractivity contribution < 1.29 is 14.0 Å².